The highest BCUT2D eigenvalue weighted by molar-refractivity contribution is 7.92. The van der Waals surface area contributed by atoms with Gasteiger partial charge in [-0.25, -0.2) is 13.2 Å². The lowest BCUT2D eigenvalue weighted by Crippen LogP contribution is -2.21. The predicted molar refractivity (Wildman–Crippen MR) is 79.6 cm³/mol. The Morgan fingerprint density at radius 3 is 2.50 bits per heavy atom. The van der Waals surface area contributed by atoms with Crippen LogP contribution in [-0.4, -0.2) is 25.2 Å². The highest BCUT2D eigenvalue weighted by atomic mass is 32.2. The summed E-state index contributed by atoms with van der Waals surface area (Å²) in [5, 5.41) is 9.20. The van der Waals surface area contributed by atoms with Gasteiger partial charge in [0.05, 0.1) is 17.0 Å². The Bertz CT molecular complexity index is 579. The van der Waals surface area contributed by atoms with Crippen molar-refractivity contribution in [1.82, 2.24) is 0 Å². The van der Waals surface area contributed by atoms with Gasteiger partial charge in [-0.1, -0.05) is 33.3 Å². The number of aryl methyl sites for hydroxylation is 1. The maximum Gasteiger partial charge on any atom is 0.337 e. The van der Waals surface area contributed by atoms with Gasteiger partial charge in [0.25, 0.3) is 0 Å². The Labute approximate surface area is 120 Å². The standard InChI is InChI=1S/C14H21NO4S/c1-4-5-11-6-7-13(12(8-11)14(16)17)15-20(18,19)9-10(2)3/h6-8,10,15H,4-5,9H2,1-3H3,(H,16,17). The van der Waals surface area contributed by atoms with Gasteiger partial charge < -0.3 is 5.11 Å². The molecule has 0 radical (unpaired) electrons. The lowest BCUT2D eigenvalue weighted by Gasteiger charge is -2.13. The molecule has 0 aliphatic carbocycles. The number of carbonyl (C=O) groups is 1. The quantitative estimate of drug-likeness (QED) is 0.811. The van der Waals surface area contributed by atoms with Crippen LogP contribution in [0.1, 0.15) is 43.1 Å². The first kappa shape index (κ1) is 16.5. The van der Waals surface area contributed by atoms with Crippen LogP contribution in [0.3, 0.4) is 0 Å². The Balaban J connectivity index is 3.09. The highest BCUT2D eigenvalue weighted by Crippen LogP contribution is 2.20. The second-order valence-electron chi connectivity index (χ2n) is 5.21. The summed E-state index contributed by atoms with van der Waals surface area (Å²) in [7, 11) is -3.53. The minimum absolute atomic E-state index is 0.0109. The van der Waals surface area contributed by atoms with Gasteiger partial charge in [-0.15, -0.1) is 0 Å². The number of anilines is 1. The normalized spacial score (nSPS) is 11.6. The number of hydrogen-bond acceptors (Lipinski definition) is 3. The van der Waals surface area contributed by atoms with Gasteiger partial charge in [-0.05, 0) is 30.0 Å². The second-order valence-corrected chi connectivity index (χ2v) is 6.98. The maximum absolute atomic E-state index is 11.9. The number of sulfonamides is 1. The van der Waals surface area contributed by atoms with Gasteiger partial charge >= 0.3 is 5.97 Å². The lowest BCUT2D eigenvalue weighted by atomic mass is 10.1. The molecule has 0 aromatic heterocycles. The summed E-state index contributed by atoms with van der Waals surface area (Å²) in [5.41, 5.74) is 0.998. The fraction of sp³-hybridized carbons (Fsp3) is 0.500. The smallest absolute Gasteiger partial charge is 0.337 e. The fourth-order valence-corrected chi connectivity index (χ4v) is 3.42. The summed E-state index contributed by atoms with van der Waals surface area (Å²) in [5.74, 6) is -1.20. The van der Waals surface area contributed by atoms with E-state index in [1.807, 2.05) is 6.92 Å². The molecule has 0 spiro atoms. The van der Waals surface area contributed by atoms with Crippen molar-refractivity contribution in [3.63, 3.8) is 0 Å². The molecular formula is C14H21NO4S. The van der Waals surface area contributed by atoms with Gasteiger partial charge in [0, 0.05) is 0 Å². The van der Waals surface area contributed by atoms with E-state index in [0.29, 0.717) is 0 Å². The van der Waals surface area contributed by atoms with Crippen molar-refractivity contribution >= 4 is 21.7 Å². The van der Waals surface area contributed by atoms with Crippen molar-refractivity contribution in [3.8, 4) is 0 Å². The summed E-state index contributed by atoms with van der Waals surface area (Å²) in [6.45, 7) is 5.59. The molecule has 0 fully saturated rings. The van der Waals surface area contributed by atoms with Crippen molar-refractivity contribution in [3.05, 3.63) is 29.3 Å². The molecule has 0 aliphatic rings. The van der Waals surface area contributed by atoms with E-state index in [1.54, 1.807) is 19.9 Å². The van der Waals surface area contributed by atoms with Crippen LogP contribution < -0.4 is 4.72 Å². The lowest BCUT2D eigenvalue weighted by molar-refractivity contribution is 0.0698. The van der Waals surface area contributed by atoms with E-state index in [9.17, 15) is 18.3 Å². The van der Waals surface area contributed by atoms with E-state index in [1.165, 1.54) is 12.1 Å². The molecule has 6 heteroatoms. The second kappa shape index (κ2) is 6.74. The summed E-state index contributed by atoms with van der Waals surface area (Å²) >= 11 is 0. The highest BCUT2D eigenvalue weighted by Gasteiger charge is 2.18. The largest absolute Gasteiger partial charge is 0.478 e. The van der Waals surface area contributed by atoms with Crippen LogP contribution in [0.5, 0.6) is 0 Å². The molecule has 1 rings (SSSR count). The van der Waals surface area contributed by atoms with Crippen LogP contribution in [0.15, 0.2) is 18.2 Å². The van der Waals surface area contributed by atoms with Crippen molar-refractivity contribution in [2.75, 3.05) is 10.5 Å². The number of nitrogens with one attached hydrogen (secondary N) is 1. The molecule has 0 heterocycles. The van der Waals surface area contributed by atoms with E-state index >= 15 is 0 Å². The van der Waals surface area contributed by atoms with Gasteiger partial charge in [-0.3, -0.25) is 4.72 Å². The van der Waals surface area contributed by atoms with Crippen molar-refractivity contribution < 1.29 is 18.3 Å². The number of carboxylic acids is 1. The molecule has 2 N–H and O–H groups in total. The van der Waals surface area contributed by atoms with Gasteiger partial charge in [0.1, 0.15) is 0 Å². The van der Waals surface area contributed by atoms with E-state index in [0.717, 1.165) is 18.4 Å². The summed E-state index contributed by atoms with van der Waals surface area (Å²) in [6, 6.07) is 4.80. The minimum atomic E-state index is -3.53. The third kappa shape index (κ3) is 4.85. The summed E-state index contributed by atoms with van der Waals surface area (Å²) in [4.78, 5) is 11.3. The molecule has 20 heavy (non-hydrogen) atoms. The van der Waals surface area contributed by atoms with Crippen molar-refractivity contribution in [1.29, 1.82) is 0 Å². The zero-order valence-electron chi connectivity index (χ0n) is 12.0. The fourth-order valence-electron chi connectivity index (χ4n) is 1.95. The number of aromatic carboxylic acids is 1. The van der Waals surface area contributed by atoms with Crippen LogP contribution in [0, 0.1) is 5.92 Å². The first-order chi connectivity index (χ1) is 9.25. The Morgan fingerprint density at radius 2 is 2.00 bits per heavy atom. The molecule has 0 amide bonds. The SMILES string of the molecule is CCCc1ccc(NS(=O)(=O)CC(C)C)c(C(=O)O)c1. The van der Waals surface area contributed by atoms with Gasteiger partial charge in [0.2, 0.25) is 10.0 Å². The molecule has 0 aliphatic heterocycles. The third-order valence-electron chi connectivity index (χ3n) is 2.67. The van der Waals surface area contributed by atoms with Crippen LogP contribution in [0.2, 0.25) is 0 Å². The number of carboxylic acid groups (broad SMARTS) is 1. The molecule has 0 atom stereocenters. The average molecular weight is 299 g/mol. The first-order valence-corrected chi connectivity index (χ1v) is 8.27. The van der Waals surface area contributed by atoms with Crippen LogP contribution in [0.25, 0.3) is 0 Å². The Morgan fingerprint density at radius 1 is 1.35 bits per heavy atom. The van der Waals surface area contributed by atoms with Crippen molar-refractivity contribution in [2.24, 2.45) is 5.92 Å². The molecule has 5 nitrogen and oxygen atoms in total. The predicted octanol–water partition coefficient (Wildman–Crippen LogP) is 2.74. The summed E-state index contributed by atoms with van der Waals surface area (Å²) in [6.07, 6.45) is 1.66. The molecule has 0 unspecified atom stereocenters. The van der Waals surface area contributed by atoms with Crippen LogP contribution >= 0.6 is 0 Å². The van der Waals surface area contributed by atoms with Gasteiger partial charge in [-0.2, -0.15) is 0 Å². The Kier molecular flexibility index (Phi) is 5.56. The molecule has 112 valence electrons. The molecule has 1 aromatic rings. The van der Waals surface area contributed by atoms with Crippen LogP contribution in [0.4, 0.5) is 5.69 Å². The van der Waals surface area contributed by atoms with E-state index < -0.39 is 16.0 Å². The number of hydrogen-bond donors (Lipinski definition) is 2. The van der Waals surface area contributed by atoms with E-state index in [-0.39, 0.29) is 22.9 Å². The zero-order valence-corrected chi connectivity index (χ0v) is 12.8. The molecular weight excluding hydrogens is 278 g/mol. The number of rotatable bonds is 7. The zero-order chi connectivity index (χ0) is 15.3. The van der Waals surface area contributed by atoms with E-state index in [2.05, 4.69) is 4.72 Å². The average Bonchev–Trinajstić information content (AvgIpc) is 2.28. The summed E-state index contributed by atoms with van der Waals surface area (Å²) < 4.78 is 26.1. The molecule has 0 bridgehead atoms. The molecule has 1 aromatic carbocycles. The number of benzene rings is 1. The monoisotopic (exact) mass is 299 g/mol. The topological polar surface area (TPSA) is 83.5 Å². The van der Waals surface area contributed by atoms with Crippen molar-refractivity contribution in [2.45, 2.75) is 33.6 Å². The molecule has 0 saturated heterocycles. The van der Waals surface area contributed by atoms with E-state index in [4.69, 9.17) is 0 Å². The minimum Gasteiger partial charge on any atom is -0.478 e. The van der Waals surface area contributed by atoms with Gasteiger partial charge in [0.15, 0.2) is 0 Å². The Hall–Kier alpha value is -1.56. The molecule has 0 saturated carbocycles. The third-order valence-corrected chi connectivity index (χ3v) is 4.31. The maximum atomic E-state index is 11.9. The first-order valence-electron chi connectivity index (χ1n) is 6.62. The van der Waals surface area contributed by atoms with Crippen LogP contribution in [-0.2, 0) is 16.4 Å².